The van der Waals surface area contributed by atoms with Crippen LogP contribution >= 0.6 is 11.6 Å². The van der Waals surface area contributed by atoms with Crippen LogP contribution in [0.5, 0.6) is 0 Å². The highest BCUT2D eigenvalue weighted by atomic mass is 35.5. The highest BCUT2D eigenvalue weighted by Crippen LogP contribution is 2.17. The first kappa shape index (κ1) is 15.6. The third-order valence-electron chi connectivity index (χ3n) is 3.62. The molecule has 0 aliphatic carbocycles. The van der Waals surface area contributed by atoms with Crippen LogP contribution in [0, 0.1) is 0 Å². The molecule has 5 heteroatoms. The van der Waals surface area contributed by atoms with Crippen molar-refractivity contribution >= 4 is 28.4 Å². The van der Waals surface area contributed by atoms with Crippen molar-refractivity contribution in [3.05, 3.63) is 45.2 Å². The van der Waals surface area contributed by atoms with Gasteiger partial charge in [-0.25, -0.2) is 0 Å². The number of benzene rings is 1. The molecule has 0 bridgehead atoms. The minimum absolute atomic E-state index is 0.0297. The molecule has 0 saturated carbocycles. The van der Waals surface area contributed by atoms with E-state index >= 15 is 0 Å². The van der Waals surface area contributed by atoms with E-state index in [1.165, 1.54) is 0 Å². The lowest BCUT2D eigenvalue weighted by molar-refractivity contribution is 0.0937. The first-order valence-corrected chi connectivity index (χ1v) is 7.49. The van der Waals surface area contributed by atoms with Gasteiger partial charge in [0.25, 0.3) is 5.91 Å². The number of halogens is 1. The number of amides is 1. The third kappa shape index (κ3) is 3.10. The lowest BCUT2D eigenvalue weighted by atomic mass is 10.1. The van der Waals surface area contributed by atoms with Gasteiger partial charge in [-0.15, -0.1) is 0 Å². The summed E-state index contributed by atoms with van der Waals surface area (Å²) < 4.78 is 1.89. The summed E-state index contributed by atoms with van der Waals surface area (Å²) >= 11 is 5.98. The maximum Gasteiger partial charge on any atom is 0.256 e. The second kappa shape index (κ2) is 6.31. The molecular weight excluding hydrogens is 288 g/mol. The summed E-state index contributed by atoms with van der Waals surface area (Å²) in [7, 11) is 0. The van der Waals surface area contributed by atoms with Gasteiger partial charge in [-0.1, -0.05) is 18.5 Å². The average Bonchev–Trinajstić information content (AvgIpc) is 2.47. The van der Waals surface area contributed by atoms with Crippen LogP contribution in [0.4, 0.5) is 0 Å². The van der Waals surface area contributed by atoms with E-state index in [2.05, 4.69) is 5.32 Å². The molecule has 4 nitrogen and oxygen atoms in total. The smallest absolute Gasteiger partial charge is 0.256 e. The number of fused-ring (bicyclic) bond motifs is 1. The summed E-state index contributed by atoms with van der Waals surface area (Å²) in [6, 6.07) is 5.20. The quantitative estimate of drug-likeness (QED) is 0.943. The highest BCUT2D eigenvalue weighted by molar-refractivity contribution is 6.31. The van der Waals surface area contributed by atoms with Crippen molar-refractivity contribution < 1.29 is 4.79 Å². The maximum atomic E-state index is 12.5. The van der Waals surface area contributed by atoms with E-state index in [0.717, 1.165) is 11.9 Å². The van der Waals surface area contributed by atoms with Crippen molar-refractivity contribution in [2.45, 2.75) is 39.8 Å². The largest absolute Gasteiger partial charge is 0.349 e. The van der Waals surface area contributed by atoms with Gasteiger partial charge in [-0.3, -0.25) is 9.59 Å². The number of hydrogen-bond acceptors (Lipinski definition) is 2. The highest BCUT2D eigenvalue weighted by Gasteiger charge is 2.16. The van der Waals surface area contributed by atoms with Crippen LogP contribution in [0.1, 0.15) is 37.6 Å². The van der Waals surface area contributed by atoms with Gasteiger partial charge in [0.05, 0.1) is 5.52 Å². The summed E-state index contributed by atoms with van der Waals surface area (Å²) in [5.41, 5.74) is 0.664. The fraction of sp³-hybridized carbons (Fsp3) is 0.375. The van der Waals surface area contributed by atoms with Crippen LogP contribution in [0.2, 0.25) is 5.02 Å². The Bertz CT molecular complexity index is 737. The van der Waals surface area contributed by atoms with Crippen LogP contribution in [-0.2, 0) is 6.54 Å². The zero-order valence-corrected chi connectivity index (χ0v) is 13.2. The molecule has 21 heavy (non-hydrogen) atoms. The molecule has 1 amide bonds. The lowest BCUT2D eigenvalue weighted by Gasteiger charge is -2.14. The van der Waals surface area contributed by atoms with Gasteiger partial charge >= 0.3 is 0 Å². The standard InChI is InChI=1S/C16H19ClN2O2/c1-4-10(3)18-16(21)13-9-19(5-2)14-7-6-11(17)8-12(14)15(13)20/h6-10H,4-5H2,1-3H3,(H,18,21)/t10-/m1/s1. The minimum Gasteiger partial charge on any atom is -0.349 e. The molecule has 1 heterocycles. The van der Waals surface area contributed by atoms with Crippen molar-refractivity contribution in [1.29, 1.82) is 0 Å². The van der Waals surface area contributed by atoms with Crippen LogP contribution in [0.3, 0.4) is 0 Å². The van der Waals surface area contributed by atoms with E-state index in [4.69, 9.17) is 11.6 Å². The second-order valence-corrected chi connectivity index (χ2v) is 5.54. The molecule has 0 unspecified atom stereocenters. The van der Waals surface area contributed by atoms with Gasteiger partial charge in [0, 0.05) is 29.2 Å². The summed E-state index contributed by atoms with van der Waals surface area (Å²) in [6.07, 6.45) is 2.43. The molecule has 1 aromatic carbocycles. The Morgan fingerprint density at radius 3 is 2.71 bits per heavy atom. The Balaban J connectivity index is 2.62. The molecule has 0 saturated heterocycles. The van der Waals surface area contributed by atoms with E-state index in [1.54, 1.807) is 24.4 Å². The molecule has 0 spiro atoms. The summed E-state index contributed by atoms with van der Waals surface area (Å²) in [5.74, 6) is -0.335. The van der Waals surface area contributed by atoms with Gasteiger partial charge in [-0.05, 0) is 38.5 Å². The normalized spacial score (nSPS) is 12.4. The Morgan fingerprint density at radius 2 is 2.10 bits per heavy atom. The predicted octanol–water partition coefficient (Wildman–Crippen LogP) is 3.20. The molecule has 2 rings (SSSR count). The topological polar surface area (TPSA) is 51.1 Å². The predicted molar refractivity (Wildman–Crippen MR) is 86.1 cm³/mol. The molecule has 1 N–H and O–H groups in total. The number of aryl methyl sites for hydroxylation is 1. The second-order valence-electron chi connectivity index (χ2n) is 5.10. The van der Waals surface area contributed by atoms with E-state index in [9.17, 15) is 9.59 Å². The zero-order valence-electron chi connectivity index (χ0n) is 12.4. The van der Waals surface area contributed by atoms with Crippen LogP contribution in [-0.4, -0.2) is 16.5 Å². The molecular formula is C16H19ClN2O2. The number of hydrogen-bond donors (Lipinski definition) is 1. The van der Waals surface area contributed by atoms with Gasteiger partial charge < -0.3 is 9.88 Å². The van der Waals surface area contributed by atoms with Crippen LogP contribution in [0.25, 0.3) is 10.9 Å². The van der Waals surface area contributed by atoms with Crippen molar-refractivity contribution in [3.63, 3.8) is 0 Å². The van der Waals surface area contributed by atoms with Gasteiger partial charge in [0.1, 0.15) is 5.56 Å². The monoisotopic (exact) mass is 306 g/mol. The molecule has 1 aromatic heterocycles. The molecule has 0 radical (unpaired) electrons. The SMILES string of the molecule is CC[C@@H](C)NC(=O)c1cn(CC)c2ccc(Cl)cc2c1=O. The first-order chi connectivity index (χ1) is 9.97. The van der Waals surface area contributed by atoms with Gasteiger partial charge in [0.2, 0.25) is 5.43 Å². The fourth-order valence-electron chi connectivity index (χ4n) is 2.20. The molecule has 1 atom stereocenters. The average molecular weight is 307 g/mol. The summed E-state index contributed by atoms with van der Waals surface area (Å²) in [5, 5.41) is 3.79. The zero-order chi connectivity index (χ0) is 15.6. The number of carbonyl (C=O) groups excluding carboxylic acids is 1. The Hall–Kier alpha value is -1.81. The van der Waals surface area contributed by atoms with E-state index in [1.807, 2.05) is 25.3 Å². The van der Waals surface area contributed by atoms with Crippen LogP contribution < -0.4 is 10.7 Å². The molecule has 0 fully saturated rings. The van der Waals surface area contributed by atoms with Crippen LogP contribution in [0.15, 0.2) is 29.2 Å². The van der Waals surface area contributed by atoms with E-state index in [0.29, 0.717) is 17.0 Å². The minimum atomic E-state index is -0.335. The van der Waals surface area contributed by atoms with Gasteiger partial charge in [0.15, 0.2) is 0 Å². The number of pyridine rings is 1. The first-order valence-electron chi connectivity index (χ1n) is 7.11. The maximum absolute atomic E-state index is 12.5. The van der Waals surface area contributed by atoms with Crippen molar-refractivity contribution in [2.24, 2.45) is 0 Å². The summed E-state index contributed by atoms with van der Waals surface area (Å²) in [6.45, 7) is 6.53. The Morgan fingerprint density at radius 1 is 1.38 bits per heavy atom. The van der Waals surface area contributed by atoms with Crippen molar-refractivity contribution in [3.8, 4) is 0 Å². The number of rotatable bonds is 4. The number of nitrogens with zero attached hydrogens (tertiary/aromatic N) is 1. The molecule has 0 aliphatic heterocycles. The van der Waals surface area contributed by atoms with E-state index in [-0.39, 0.29) is 22.9 Å². The molecule has 112 valence electrons. The summed E-state index contributed by atoms with van der Waals surface area (Å²) in [4.78, 5) is 24.8. The lowest BCUT2D eigenvalue weighted by Crippen LogP contribution is -2.35. The van der Waals surface area contributed by atoms with Gasteiger partial charge in [-0.2, -0.15) is 0 Å². The number of carbonyl (C=O) groups is 1. The molecule has 0 aliphatic rings. The van der Waals surface area contributed by atoms with E-state index < -0.39 is 0 Å². The fourth-order valence-corrected chi connectivity index (χ4v) is 2.37. The third-order valence-corrected chi connectivity index (χ3v) is 3.85. The van der Waals surface area contributed by atoms with Crippen molar-refractivity contribution in [2.75, 3.05) is 0 Å². The number of nitrogens with one attached hydrogen (secondary N) is 1. The Kier molecular flexibility index (Phi) is 4.68. The Labute approximate surface area is 128 Å². The number of aromatic nitrogens is 1. The molecule has 2 aromatic rings. The van der Waals surface area contributed by atoms with Crippen molar-refractivity contribution in [1.82, 2.24) is 9.88 Å².